The Morgan fingerprint density at radius 3 is 2.50 bits per heavy atom. The van der Waals surface area contributed by atoms with Gasteiger partial charge >= 0.3 is 0 Å². The zero-order valence-corrected chi connectivity index (χ0v) is 15.3. The zero-order chi connectivity index (χ0) is 12.8. The SMILES string of the molecule is C=CCC[C@@H](c1ccccc1I)N1CCNCC1.Cl.Cl. The van der Waals surface area contributed by atoms with Crippen LogP contribution < -0.4 is 5.32 Å². The van der Waals surface area contributed by atoms with Gasteiger partial charge in [-0.2, -0.15) is 0 Å². The van der Waals surface area contributed by atoms with Gasteiger partial charge in [-0.1, -0.05) is 24.3 Å². The molecule has 0 spiro atoms. The van der Waals surface area contributed by atoms with Crippen LogP contribution in [0.15, 0.2) is 36.9 Å². The number of rotatable bonds is 5. The monoisotopic (exact) mass is 428 g/mol. The summed E-state index contributed by atoms with van der Waals surface area (Å²) in [6, 6.07) is 9.29. The molecule has 1 N–H and O–H groups in total. The van der Waals surface area contributed by atoms with Crippen molar-refractivity contribution in [3.8, 4) is 0 Å². The third kappa shape index (κ3) is 5.53. The van der Waals surface area contributed by atoms with Gasteiger partial charge in [0, 0.05) is 35.8 Å². The molecular formula is C15H23Cl2IN2. The van der Waals surface area contributed by atoms with Crippen molar-refractivity contribution in [2.75, 3.05) is 26.2 Å². The van der Waals surface area contributed by atoms with Crippen molar-refractivity contribution in [3.63, 3.8) is 0 Å². The second kappa shape index (κ2) is 10.9. The molecular weight excluding hydrogens is 406 g/mol. The first-order chi connectivity index (χ1) is 8.83. The maximum absolute atomic E-state index is 3.86. The van der Waals surface area contributed by atoms with Crippen LogP contribution in [0.3, 0.4) is 0 Å². The van der Waals surface area contributed by atoms with Crippen molar-refractivity contribution in [1.29, 1.82) is 0 Å². The van der Waals surface area contributed by atoms with Gasteiger partial charge in [0.2, 0.25) is 0 Å². The minimum Gasteiger partial charge on any atom is -0.314 e. The van der Waals surface area contributed by atoms with Crippen molar-refractivity contribution >= 4 is 47.4 Å². The Kier molecular flexibility index (Phi) is 11.0. The summed E-state index contributed by atoms with van der Waals surface area (Å²) in [6.45, 7) is 8.36. The lowest BCUT2D eigenvalue weighted by atomic mass is 9.99. The highest BCUT2D eigenvalue weighted by Gasteiger charge is 2.22. The van der Waals surface area contributed by atoms with E-state index in [1.54, 1.807) is 0 Å². The van der Waals surface area contributed by atoms with Crippen LogP contribution in [-0.2, 0) is 0 Å². The Labute approximate surface area is 148 Å². The van der Waals surface area contributed by atoms with Crippen LogP contribution in [0.25, 0.3) is 0 Å². The van der Waals surface area contributed by atoms with E-state index in [1.807, 2.05) is 6.08 Å². The predicted octanol–water partition coefficient (Wildman–Crippen LogP) is 4.05. The Balaban J connectivity index is 0.00000180. The van der Waals surface area contributed by atoms with Gasteiger partial charge in [0.1, 0.15) is 0 Å². The Morgan fingerprint density at radius 1 is 1.25 bits per heavy atom. The fraction of sp³-hybridized carbons (Fsp3) is 0.467. The lowest BCUT2D eigenvalue weighted by molar-refractivity contribution is 0.165. The first-order valence-corrected chi connectivity index (χ1v) is 7.71. The summed E-state index contributed by atoms with van der Waals surface area (Å²) in [5.41, 5.74) is 1.47. The summed E-state index contributed by atoms with van der Waals surface area (Å²) in [6.07, 6.45) is 4.29. The van der Waals surface area contributed by atoms with Crippen LogP contribution in [0.1, 0.15) is 24.4 Å². The number of halogens is 3. The van der Waals surface area contributed by atoms with E-state index < -0.39 is 0 Å². The molecule has 20 heavy (non-hydrogen) atoms. The molecule has 2 nitrogen and oxygen atoms in total. The van der Waals surface area contributed by atoms with Gasteiger partial charge in [-0.3, -0.25) is 4.90 Å². The highest BCUT2D eigenvalue weighted by Crippen LogP contribution is 2.29. The van der Waals surface area contributed by atoms with Gasteiger partial charge in [0.25, 0.3) is 0 Å². The second-order valence-corrected chi connectivity index (χ2v) is 5.85. The number of allylic oxidation sites excluding steroid dienone is 1. The molecule has 0 saturated carbocycles. The number of nitrogens with zero attached hydrogens (tertiary/aromatic N) is 1. The number of hydrogen-bond acceptors (Lipinski definition) is 2. The highest BCUT2D eigenvalue weighted by molar-refractivity contribution is 14.1. The fourth-order valence-corrected chi connectivity index (χ4v) is 3.30. The van der Waals surface area contributed by atoms with Gasteiger partial charge in [-0.05, 0) is 47.1 Å². The maximum Gasteiger partial charge on any atom is 0.0362 e. The summed E-state index contributed by atoms with van der Waals surface area (Å²) < 4.78 is 1.38. The van der Waals surface area contributed by atoms with Crippen LogP contribution in [0.4, 0.5) is 0 Å². The van der Waals surface area contributed by atoms with Gasteiger partial charge < -0.3 is 5.32 Å². The molecule has 0 aromatic heterocycles. The average Bonchev–Trinajstić information content (AvgIpc) is 2.42. The average molecular weight is 429 g/mol. The summed E-state index contributed by atoms with van der Waals surface area (Å²) in [4.78, 5) is 2.61. The Hall–Kier alpha value is 0.190. The van der Waals surface area contributed by atoms with Crippen molar-refractivity contribution in [2.45, 2.75) is 18.9 Å². The molecule has 1 atom stereocenters. The van der Waals surface area contributed by atoms with Crippen LogP contribution >= 0.6 is 47.4 Å². The quantitative estimate of drug-likeness (QED) is 0.562. The van der Waals surface area contributed by atoms with Crippen LogP contribution in [-0.4, -0.2) is 31.1 Å². The Morgan fingerprint density at radius 2 is 1.90 bits per heavy atom. The number of nitrogens with one attached hydrogen (secondary N) is 1. The van der Waals surface area contributed by atoms with E-state index in [4.69, 9.17) is 0 Å². The second-order valence-electron chi connectivity index (χ2n) is 4.69. The molecule has 0 unspecified atom stereocenters. The molecule has 1 fully saturated rings. The largest absolute Gasteiger partial charge is 0.314 e. The third-order valence-corrected chi connectivity index (χ3v) is 4.48. The molecule has 1 aromatic rings. The Bertz CT molecular complexity index is 395. The summed E-state index contributed by atoms with van der Waals surface area (Å²) >= 11 is 2.46. The van der Waals surface area contributed by atoms with Crippen LogP contribution in [0, 0.1) is 3.57 Å². The molecule has 1 aliphatic rings. The van der Waals surface area contributed by atoms with E-state index in [2.05, 4.69) is 63.7 Å². The standard InChI is InChI=1S/C15H21IN2.2ClH/c1-2-3-8-15(18-11-9-17-10-12-18)13-6-4-5-7-14(13)16;;/h2,4-7,15,17H,1,3,8-12H2;2*1H/t15-;;/m0../s1. The lowest BCUT2D eigenvalue weighted by Gasteiger charge is -2.35. The molecule has 5 heteroatoms. The molecule has 1 aliphatic heterocycles. The third-order valence-electron chi connectivity index (χ3n) is 3.50. The molecule has 0 radical (unpaired) electrons. The molecule has 2 rings (SSSR count). The molecule has 1 saturated heterocycles. The van der Waals surface area contributed by atoms with Crippen molar-refractivity contribution < 1.29 is 0 Å². The molecule has 1 heterocycles. The lowest BCUT2D eigenvalue weighted by Crippen LogP contribution is -2.45. The van der Waals surface area contributed by atoms with E-state index in [0.29, 0.717) is 6.04 Å². The zero-order valence-electron chi connectivity index (χ0n) is 11.6. The fourth-order valence-electron chi connectivity index (χ4n) is 2.55. The topological polar surface area (TPSA) is 15.3 Å². The summed E-state index contributed by atoms with van der Waals surface area (Å²) in [5.74, 6) is 0. The molecule has 114 valence electrons. The number of benzene rings is 1. The smallest absolute Gasteiger partial charge is 0.0362 e. The van der Waals surface area contributed by atoms with E-state index >= 15 is 0 Å². The van der Waals surface area contributed by atoms with Crippen molar-refractivity contribution in [1.82, 2.24) is 10.2 Å². The van der Waals surface area contributed by atoms with Crippen molar-refractivity contribution in [2.24, 2.45) is 0 Å². The van der Waals surface area contributed by atoms with E-state index in [0.717, 1.165) is 32.6 Å². The normalized spacial score (nSPS) is 16.6. The van der Waals surface area contributed by atoms with Gasteiger partial charge in [0.15, 0.2) is 0 Å². The molecule has 0 amide bonds. The van der Waals surface area contributed by atoms with E-state index in [-0.39, 0.29) is 24.8 Å². The highest BCUT2D eigenvalue weighted by atomic mass is 127. The first-order valence-electron chi connectivity index (χ1n) is 6.63. The van der Waals surface area contributed by atoms with Crippen LogP contribution in [0.5, 0.6) is 0 Å². The first kappa shape index (κ1) is 20.2. The molecule has 0 aliphatic carbocycles. The van der Waals surface area contributed by atoms with Crippen molar-refractivity contribution in [3.05, 3.63) is 46.1 Å². The number of piperazine rings is 1. The molecule has 1 aromatic carbocycles. The number of hydrogen-bond donors (Lipinski definition) is 1. The summed E-state index contributed by atoms with van der Waals surface area (Å²) in [5, 5.41) is 3.43. The summed E-state index contributed by atoms with van der Waals surface area (Å²) in [7, 11) is 0. The van der Waals surface area contributed by atoms with Gasteiger partial charge in [-0.15, -0.1) is 31.4 Å². The van der Waals surface area contributed by atoms with E-state index in [1.165, 1.54) is 15.6 Å². The van der Waals surface area contributed by atoms with Gasteiger partial charge in [-0.25, -0.2) is 0 Å². The minimum atomic E-state index is 0. The van der Waals surface area contributed by atoms with E-state index in [9.17, 15) is 0 Å². The van der Waals surface area contributed by atoms with Gasteiger partial charge in [0.05, 0.1) is 0 Å². The molecule has 0 bridgehead atoms. The van der Waals surface area contributed by atoms with Crippen LogP contribution in [0.2, 0.25) is 0 Å². The predicted molar refractivity (Wildman–Crippen MR) is 100 cm³/mol. The minimum absolute atomic E-state index is 0. The maximum atomic E-state index is 3.86.